The third kappa shape index (κ3) is 5.41. The van der Waals surface area contributed by atoms with Crippen molar-refractivity contribution in [2.45, 2.75) is 75.7 Å². The lowest BCUT2D eigenvalue weighted by Gasteiger charge is -2.48. The van der Waals surface area contributed by atoms with Crippen LogP contribution in [0.15, 0.2) is 24.0 Å². The summed E-state index contributed by atoms with van der Waals surface area (Å²) < 4.78 is 91.9. The van der Waals surface area contributed by atoms with Crippen molar-refractivity contribution < 1.29 is 44.7 Å². The van der Waals surface area contributed by atoms with E-state index in [1.807, 2.05) is 6.92 Å². The second kappa shape index (κ2) is 9.85. The summed E-state index contributed by atoms with van der Waals surface area (Å²) in [5.74, 6) is -1.54. The van der Waals surface area contributed by atoms with Crippen LogP contribution in [-0.2, 0) is 33.2 Å². The van der Waals surface area contributed by atoms with Crippen molar-refractivity contribution in [1.82, 2.24) is 0 Å². The molecule has 0 unspecified atom stereocenters. The highest BCUT2D eigenvalue weighted by Gasteiger charge is 2.65. The first-order chi connectivity index (χ1) is 15.7. The van der Waals surface area contributed by atoms with Crippen molar-refractivity contribution >= 4 is 18.2 Å². The second-order valence-electron chi connectivity index (χ2n) is 10.5. The standard InChI is InChI=1S/C22H35F3O7SSi/c1-6-7-16-17-8-9-21(30-10-11-31-21)20(17,2)14-18(29-15-28-12-13-34(3,4)5)19(16)32-33(26,27)22(23,24)25/h6,17-18H,1,7-15H2,2-5H3/t17-,18-,20-/m0/s1. The number of allylic oxidation sites excluding steroid dienone is 2. The van der Waals surface area contributed by atoms with Gasteiger partial charge < -0.3 is 23.1 Å². The molecule has 1 aliphatic heterocycles. The Labute approximate surface area is 200 Å². The molecule has 3 aliphatic rings. The van der Waals surface area contributed by atoms with E-state index in [9.17, 15) is 21.6 Å². The van der Waals surface area contributed by atoms with Crippen LogP contribution in [0, 0.1) is 11.3 Å². The molecular weight excluding hydrogens is 493 g/mol. The molecule has 3 rings (SSSR count). The molecule has 0 radical (unpaired) electrons. The predicted molar refractivity (Wildman–Crippen MR) is 122 cm³/mol. The van der Waals surface area contributed by atoms with Gasteiger partial charge in [-0.3, -0.25) is 0 Å². The molecule has 196 valence electrons. The Morgan fingerprint density at radius 2 is 1.88 bits per heavy atom. The van der Waals surface area contributed by atoms with E-state index in [4.69, 9.17) is 23.1 Å². The minimum absolute atomic E-state index is 0.148. The molecular formula is C22H35F3O7SSi. The van der Waals surface area contributed by atoms with Crippen LogP contribution in [0.4, 0.5) is 13.2 Å². The monoisotopic (exact) mass is 528 g/mol. The maximum atomic E-state index is 13.2. The highest BCUT2D eigenvalue weighted by atomic mass is 32.2. The SMILES string of the molecule is C=CCC1=C(OS(=O)(=O)C(F)(F)F)[C@@H](OCOCC[Si](C)(C)C)C[C@@]2(C)[C@H]1CCC21OCCO1. The fourth-order valence-electron chi connectivity index (χ4n) is 5.22. The molecule has 0 amide bonds. The molecule has 1 saturated heterocycles. The molecule has 2 aliphatic carbocycles. The predicted octanol–water partition coefficient (Wildman–Crippen LogP) is 4.94. The summed E-state index contributed by atoms with van der Waals surface area (Å²) in [5, 5.41) is 0. The highest BCUT2D eigenvalue weighted by Crippen LogP contribution is 2.63. The first-order valence-corrected chi connectivity index (χ1v) is 16.6. The van der Waals surface area contributed by atoms with Gasteiger partial charge in [-0.15, -0.1) is 6.58 Å². The van der Waals surface area contributed by atoms with Crippen molar-refractivity contribution in [3.63, 3.8) is 0 Å². The van der Waals surface area contributed by atoms with E-state index in [1.54, 1.807) is 0 Å². The zero-order chi connectivity index (χ0) is 25.4. The van der Waals surface area contributed by atoms with Crippen LogP contribution in [0.2, 0.25) is 25.7 Å². The molecule has 0 aromatic heterocycles. The van der Waals surface area contributed by atoms with Crippen molar-refractivity contribution in [3.8, 4) is 0 Å². The van der Waals surface area contributed by atoms with Crippen molar-refractivity contribution in [1.29, 1.82) is 0 Å². The van der Waals surface area contributed by atoms with Gasteiger partial charge in [0.2, 0.25) is 0 Å². The van der Waals surface area contributed by atoms with Gasteiger partial charge in [0.05, 0.1) is 13.2 Å². The molecule has 7 nitrogen and oxygen atoms in total. The molecule has 0 aromatic carbocycles. The van der Waals surface area contributed by atoms with E-state index in [0.717, 1.165) is 6.04 Å². The van der Waals surface area contributed by atoms with Crippen molar-refractivity contribution in [3.05, 3.63) is 24.0 Å². The summed E-state index contributed by atoms with van der Waals surface area (Å²) in [4.78, 5) is 0. The Bertz CT molecular complexity index is 891. The average molecular weight is 529 g/mol. The van der Waals surface area contributed by atoms with E-state index >= 15 is 0 Å². The van der Waals surface area contributed by atoms with Gasteiger partial charge in [0.1, 0.15) is 18.7 Å². The zero-order valence-electron chi connectivity index (χ0n) is 20.2. The maximum Gasteiger partial charge on any atom is 0.534 e. The van der Waals surface area contributed by atoms with Crippen LogP contribution < -0.4 is 0 Å². The summed E-state index contributed by atoms with van der Waals surface area (Å²) in [6, 6.07) is 0.884. The Morgan fingerprint density at radius 1 is 1.24 bits per heavy atom. The number of hydrogen-bond acceptors (Lipinski definition) is 7. The molecule has 34 heavy (non-hydrogen) atoms. The van der Waals surface area contributed by atoms with Crippen LogP contribution >= 0.6 is 0 Å². The minimum atomic E-state index is -5.88. The van der Waals surface area contributed by atoms with Gasteiger partial charge in [0.15, 0.2) is 5.79 Å². The van der Waals surface area contributed by atoms with Gasteiger partial charge in [-0.1, -0.05) is 32.6 Å². The van der Waals surface area contributed by atoms with Crippen LogP contribution in [-0.4, -0.2) is 60.5 Å². The molecule has 1 heterocycles. The third-order valence-electron chi connectivity index (χ3n) is 6.99. The summed E-state index contributed by atoms with van der Waals surface area (Å²) in [6.45, 7) is 13.3. The molecule has 0 bridgehead atoms. The first-order valence-electron chi connectivity index (χ1n) is 11.5. The Hall–Kier alpha value is -0.923. The summed E-state index contributed by atoms with van der Waals surface area (Å²) in [5.41, 5.74) is -5.80. The Kier molecular flexibility index (Phi) is 8.01. The molecule has 0 N–H and O–H groups in total. The number of fused-ring (bicyclic) bond motifs is 2. The van der Waals surface area contributed by atoms with Crippen LogP contribution in [0.3, 0.4) is 0 Å². The number of alkyl halides is 3. The largest absolute Gasteiger partial charge is 0.534 e. The lowest BCUT2D eigenvalue weighted by Crippen LogP contribution is -2.51. The molecule has 1 saturated carbocycles. The Morgan fingerprint density at radius 3 is 2.44 bits per heavy atom. The normalized spacial score (nSPS) is 29.5. The summed E-state index contributed by atoms with van der Waals surface area (Å²) >= 11 is 0. The third-order valence-corrected chi connectivity index (χ3v) is 9.66. The topological polar surface area (TPSA) is 80.3 Å². The average Bonchev–Trinajstić information content (AvgIpc) is 3.29. The maximum absolute atomic E-state index is 13.2. The zero-order valence-corrected chi connectivity index (χ0v) is 22.0. The molecule has 0 aromatic rings. The second-order valence-corrected chi connectivity index (χ2v) is 17.7. The van der Waals surface area contributed by atoms with Gasteiger partial charge in [0.25, 0.3) is 0 Å². The number of halogens is 3. The smallest absolute Gasteiger partial charge is 0.378 e. The summed E-state index contributed by atoms with van der Waals surface area (Å²) in [6.07, 6.45) is 1.84. The first kappa shape index (κ1) is 27.7. The Balaban J connectivity index is 1.94. The van der Waals surface area contributed by atoms with E-state index in [0.29, 0.717) is 38.2 Å². The van der Waals surface area contributed by atoms with Crippen LogP contribution in [0.5, 0.6) is 0 Å². The van der Waals surface area contributed by atoms with Crippen molar-refractivity contribution in [2.24, 2.45) is 11.3 Å². The van der Waals surface area contributed by atoms with Crippen molar-refractivity contribution in [2.75, 3.05) is 26.6 Å². The van der Waals surface area contributed by atoms with Gasteiger partial charge in [-0.05, 0) is 36.8 Å². The van der Waals surface area contributed by atoms with E-state index in [1.165, 1.54) is 6.08 Å². The fraction of sp³-hybridized carbons (Fsp3) is 0.818. The van der Waals surface area contributed by atoms with Gasteiger partial charge in [0, 0.05) is 26.5 Å². The van der Waals surface area contributed by atoms with Gasteiger partial charge >= 0.3 is 15.6 Å². The van der Waals surface area contributed by atoms with Crippen LogP contribution in [0.1, 0.15) is 32.6 Å². The number of rotatable bonds is 10. The number of hydrogen-bond donors (Lipinski definition) is 0. The fourth-order valence-corrected chi connectivity index (χ4v) is 6.52. The molecule has 1 spiro atoms. The molecule has 12 heteroatoms. The van der Waals surface area contributed by atoms with E-state index in [2.05, 4.69) is 26.2 Å². The molecule has 2 fully saturated rings. The quantitative estimate of drug-likeness (QED) is 0.0992. The summed E-state index contributed by atoms with van der Waals surface area (Å²) in [7, 11) is -7.23. The lowest BCUT2D eigenvalue weighted by molar-refractivity contribution is -0.236. The van der Waals surface area contributed by atoms with E-state index < -0.39 is 41.0 Å². The molecule has 3 atom stereocenters. The lowest BCUT2D eigenvalue weighted by atomic mass is 9.64. The highest BCUT2D eigenvalue weighted by molar-refractivity contribution is 7.87. The number of ether oxygens (including phenoxy) is 4. The van der Waals surface area contributed by atoms with Gasteiger partial charge in [-0.2, -0.15) is 21.6 Å². The van der Waals surface area contributed by atoms with E-state index in [-0.39, 0.29) is 31.3 Å². The van der Waals surface area contributed by atoms with Crippen LogP contribution in [0.25, 0.3) is 0 Å². The van der Waals surface area contributed by atoms with Gasteiger partial charge in [-0.25, -0.2) is 0 Å². The minimum Gasteiger partial charge on any atom is -0.378 e.